The van der Waals surface area contributed by atoms with Crippen molar-refractivity contribution in [3.05, 3.63) is 0 Å². The SMILES string of the molecule is CC(C)(C)CC1CN(CC(=O)O)CCN(CC(=O)O)CCN(COC=O)CCN1COC=O.CC(C)(C)CCC(C(=O)O)N1CCN(COC=O)CCN(CC(=O)O)CCN(CC(=O)O)CC1.CC(C)(C)CN1CCN(COC=O)CCN(CC(=O)O)CCN(CC(=O)O)CC1.CCN1CCN(CNC=O)CCN(CNC=O)C(CC(C)(C)C)CN(CC(N)=O)CC1. The fourth-order valence-electron chi connectivity index (χ4n) is 15.1. The van der Waals surface area contributed by atoms with Gasteiger partial charge in [0.15, 0.2) is 0 Å². The number of ether oxygens (including phenoxy) is 4. The predicted octanol–water partition coefficient (Wildman–Crippen LogP) is -2.29. The molecule has 127 heavy (non-hydrogen) atoms. The molecule has 4 saturated heterocycles. The molecule has 0 aliphatic carbocycles. The molecule has 3 atom stereocenters. The second-order valence-electron chi connectivity index (χ2n) is 37.4. The van der Waals surface area contributed by atoms with Crippen LogP contribution in [0.5, 0.6) is 0 Å². The van der Waals surface area contributed by atoms with Gasteiger partial charge in [-0.3, -0.25) is 136 Å². The zero-order valence-corrected chi connectivity index (χ0v) is 78.1. The molecule has 3 amide bonds. The molecule has 4 aliphatic rings. The molecule has 734 valence electrons. The van der Waals surface area contributed by atoms with Gasteiger partial charge in [0.05, 0.1) is 59.2 Å². The summed E-state index contributed by atoms with van der Waals surface area (Å²) in [6.07, 6.45) is 4.23. The molecule has 3 unspecified atom stereocenters. The number of rotatable bonds is 40. The van der Waals surface area contributed by atoms with Gasteiger partial charge in [0.1, 0.15) is 33.0 Å². The van der Waals surface area contributed by atoms with Crippen molar-refractivity contribution in [1.82, 2.24) is 89.0 Å². The molecule has 0 aromatic heterocycles. The van der Waals surface area contributed by atoms with Crippen LogP contribution in [0, 0.1) is 21.7 Å². The molecule has 0 saturated carbocycles. The Kier molecular flexibility index (Phi) is 59.5. The summed E-state index contributed by atoms with van der Waals surface area (Å²) in [5.41, 5.74) is 5.61. The van der Waals surface area contributed by atoms with Crippen LogP contribution in [0.2, 0.25) is 0 Å². The number of primary amides is 1. The van der Waals surface area contributed by atoms with E-state index in [9.17, 15) is 103 Å². The molecule has 44 heteroatoms. The molecule has 0 spiro atoms. The Morgan fingerprint density at radius 1 is 0.339 bits per heavy atom. The minimum atomic E-state index is -0.997. The van der Waals surface area contributed by atoms with Crippen LogP contribution < -0.4 is 16.4 Å². The van der Waals surface area contributed by atoms with E-state index in [0.29, 0.717) is 203 Å². The average molecular weight is 1820 g/mol. The summed E-state index contributed by atoms with van der Waals surface area (Å²) in [6.45, 7) is 47.5. The van der Waals surface area contributed by atoms with E-state index >= 15 is 0 Å². The van der Waals surface area contributed by atoms with Gasteiger partial charge in [-0.2, -0.15) is 0 Å². The first-order valence-electron chi connectivity index (χ1n) is 43.7. The van der Waals surface area contributed by atoms with E-state index in [2.05, 4.69) is 125 Å². The van der Waals surface area contributed by atoms with Gasteiger partial charge in [-0.15, -0.1) is 0 Å². The number of nitrogens with two attached hydrogens (primary N) is 1. The van der Waals surface area contributed by atoms with E-state index in [0.717, 1.165) is 84.6 Å². The van der Waals surface area contributed by atoms with Crippen LogP contribution in [0.4, 0.5) is 0 Å². The van der Waals surface area contributed by atoms with Gasteiger partial charge in [-0.1, -0.05) is 90.0 Å². The van der Waals surface area contributed by atoms with Gasteiger partial charge in [-0.05, 0) is 53.9 Å². The molecule has 4 fully saturated rings. The number of carboxylic acid groups (broad SMARTS) is 7. The van der Waals surface area contributed by atoms with Gasteiger partial charge in [0.25, 0.3) is 25.9 Å². The molecule has 0 radical (unpaired) electrons. The van der Waals surface area contributed by atoms with Gasteiger partial charge in [0.2, 0.25) is 18.7 Å². The van der Waals surface area contributed by atoms with E-state index in [-0.39, 0.29) is 112 Å². The summed E-state index contributed by atoms with van der Waals surface area (Å²) in [4.78, 5) is 188. The van der Waals surface area contributed by atoms with Gasteiger partial charge >= 0.3 is 41.8 Å². The molecule has 11 N–H and O–H groups in total. The molecule has 0 aromatic carbocycles. The Balaban J connectivity index is 0.000000848. The number of aliphatic carboxylic acids is 7. The molecular formula is C83H157N19O25. The summed E-state index contributed by atoms with van der Waals surface area (Å²) < 4.78 is 19.8. The first-order chi connectivity index (χ1) is 59.7. The van der Waals surface area contributed by atoms with Crippen LogP contribution in [-0.4, -0.2) is 514 Å². The first-order valence-corrected chi connectivity index (χ1v) is 43.7. The summed E-state index contributed by atoms with van der Waals surface area (Å²) in [6, 6.07) is -0.709. The van der Waals surface area contributed by atoms with E-state index in [4.69, 9.17) is 24.7 Å². The highest BCUT2D eigenvalue weighted by atomic mass is 16.5. The number of carbonyl (C=O) groups is 14. The molecule has 0 aromatic rings. The Labute approximate surface area is 751 Å². The maximum absolute atomic E-state index is 12.2. The summed E-state index contributed by atoms with van der Waals surface area (Å²) >= 11 is 0. The topological polar surface area (TPSA) is 519 Å². The number of carboxylic acids is 7. The third kappa shape index (κ3) is 61.2. The summed E-state index contributed by atoms with van der Waals surface area (Å²) in [5.74, 6) is -6.97. The zero-order valence-electron chi connectivity index (χ0n) is 78.1. The minimum Gasteiger partial charge on any atom is -0.480 e. The summed E-state index contributed by atoms with van der Waals surface area (Å²) in [5, 5.41) is 71.2. The Morgan fingerprint density at radius 3 is 0.953 bits per heavy atom. The van der Waals surface area contributed by atoms with Crippen LogP contribution in [0.15, 0.2) is 0 Å². The van der Waals surface area contributed by atoms with E-state index in [1.165, 1.54) is 0 Å². The third-order valence-electron chi connectivity index (χ3n) is 21.4. The van der Waals surface area contributed by atoms with Crippen LogP contribution >= 0.6 is 0 Å². The van der Waals surface area contributed by atoms with Gasteiger partial charge in [-0.25, -0.2) is 0 Å². The number of nitrogens with zero attached hydrogens (tertiary/aromatic N) is 16. The molecule has 4 rings (SSSR count). The number of carbonyl (C=O) groups excluding carboxylic acids is 7. The largest absolute Gasteiger partial charge is 0.480 e. The maximum Gasteiger partial charge on any atom is 0.320 e. The lowest BCUT2D eigenvalue weighted by molar-refractivity contribution is -0.145. The quantitative estimate of drug-likeness (QED) is 0.0228. The average Bonchev–Trinajstić information content (AvgIpc) is 0.877. The Hall–Kier alpha value is -8.06. The molecule has 0 bridgehead atoms. The number of amides is 3. The maximum atomic E-state index is 12.2. The highest BCUT2D eigenvalue weighted by Gasteiger charge is 2.34. The van der Waals surface area contributed by atoms with Crippen LogP contribution in [0.1, 0.15) is 116 Å². The number of hydrogen-bond acceptors (Lipinski definition) is 34. The zero-order chi connectivity index (χ0) is 95.7. The second kappa shape index (κ2) is 64.7. The van der Waals surface area contributed by atoms with E-state index in [1.54, 1.807) is 24.5 Å². The van der Waals surface area contributed by atoms with Crippen molar-refractivity contribution in [3.8, 4) is 0 Å². The molecular weight excluding hydrogens is 1660 g/mol. The van der Waals surface area contributed by atoms with Crippen molar-refractivity contribution in [1.29, 1.82) is 0 Å². The fourth-order valence-corrected chi connectivity index (χ4v) is 15.1. The van der Waals surface area contributed by atoms with Crippen molar-refractivity contribution in [2.24, 2.45) is 27.4 Å². The van der Waals surface area contributed by atoms with Crippen molar-refractivity contribution in [2.75, 3.05) is 296 Å². The molecule has 44 nitrogen and oxygen atoms in total. The first kappa shape index (κ1) is 117. The van der Waals surface area contributed by atoms with Gasteiger partial charge < -0.3 is 80.9 Å². The Morgan fingerprint density at radius 2 is 0.622 bits per heavy atom. The molecule has 4 aliphatic heterocycles. The third-order valence-corrected chi connectivity index (χ3v) is 21.4. The molecule has 4 heterocycles. The van der Waals surface area contributed by atoms with Crippen molar-refractivity contribution >= 4 is 86.4 Å². The van der Waals surface area contributed by atoms with Crippen molar-refractivity contribution in [2.45, 2.75) is 134 Å². The lowest BCUT2D eigenvalue weighted by Crippen LogP contribution is -2.54. The van der Waals surface area contributed by atoms with E-state index < -0.39 is 47.8 Å². The monoisotopic (exact) mass is 1820 g/mol. The Bertz CT molecular complexity index is 3170. The minimum absolute atomic E-state index is 0.0170. The lowest BCUT2D eigenvalue weighted by Gasteiger charge is -2.40. The summed E-state index contributed by atoms with van der Waals surface area (Å²) in [7, 11) is 0. The standard InChI is InChI=1S/C22H40N4O8.C21H43N7O3.C21H38N4O8.C19H36N4O6/c1-22(2,3)5-4-18(21(32)33)26-12-10-24(15-20(30)31)7-6-23(14-19(28)29)8-9-25(11-13-26)16-34-17-27;1-5-25-6-8-26(15-23-17-29)10-11-28(16-24-18-30)19(12-21(2,3)4)13-27(9-7-25)14-20(22)31;1-21(2,3)10-18-11-24(13-20(30)31)7-5-22(12-19(28)29)4-6-23(14-32-16-26)8-9-25(18)15-33-17-27;1-19(2,3)14-22-8-6-20(12-17(25)26)4-5-21(13-18(27)28)7-10-23(11-9-22)15-29-16-24/h17-18H,4-16H2,1-3H3,(H,28,29)(H,30,31)(H,32,33);17-19H,5-16H2,1-4H3,(H2,22,31)(H,23,29)(H,24,30);16-18H,4-15H2,1-3H3,(H,28,29)(H,30,31);16H,4-15H2,1-3H3,(H,25,26)(H,27,28). The van der Waals surface area contributed by atoms with Crippen LogP contribution in [0.3, 0.4) is 0 Å². The highest BCUT2D eigenvalue weighted by molar-refractivity contribution is 5.76. The number of nitrogens with one attached hydrogen (secondary N) is 2. The number of likely N-dealkylation sites (N-methyl/N-ethyl adjacent to an activating group) is 1. The second-order valence-corrected chi connectivity index (χ2v) is 37.4. The van der Waals surface area contributed by atoms with Crippen molar-refractivity contribution in [3.63, 3.8) is 0 Å². The normalized spacial score (nSPS) is 20.4. The predicted molar refractivity (Wildman–Crippen MR) is 471 cm³/mol. The highest BCUT2D eigenvalue weighted by Crippen LogP contribution is 2.28. The number of hydrogen-bond donors (Lipinski definition) is 10. The van der Waals surface area contributed by atoms with Gasteiger partial charge in [0, 0.05) is 215 Å². The fraction of sp³-hybridized carbons (Fsp3) is 0.831. The van der Waals surface area contributed by atoms with Crippen molar-refractivity contribution < 1.29 is 122 Å². The lowest BCUT2D eigenvalue weighted by atomic mass is 9.87. The van der Waals surface area contributed by atoms with Crippen LogP contribution in [-0.2, 0) is 86.1 Å². The van der Waals surface area contributed by atoms with E-state index in [1.807, 2.05) is 29.4 Å². The smallest absolute Gasteiger partial charge is 0.320 e. The van der Waals surface area contributed by atoms with Crippen LogP contribution in [0.25, 0.3) is 0 Å².